The van der Waals surface area contributed by atoms with Crippen molar-refractivity contribution in [2.45, 2.75) is 0 Å². The van der Waals surface area contributed by atoms with E-state index in [0.717, 1.165) is 0 Å². The second kappa shape index (κ2) is 6.81. The first kappa shape index (κ1) is 17.8. The molecular formula is C30H19NS. The molecular weight excluding hydrogens is 406 g/mol. The number of hydrogen-bond acceptors (Lipinski definition) is 1. The summed E-state index contributed by atoms with van der Waals surface area (Å²) in [7, 11) is 0. The molecule has 1 nitrogen and oxygen atoms in total. The molecule has 0 bridgehead atoms. The van der Waals surface area contributed by atoms with E-state index in [4.69, 9.17) is 0 Å². The Labute approximate surface area is 189 Å². The Balaban J connectivity index is 1.42. The third kappa shape index (κ3) is 2.63. The van der Waals surface area contributed by atoms with Crippen molar-refractivity contribution in [1.29, 1.82) is 0 Å². The van der Waals surface area contributed by atoms with Crippen molar-refractivity contribution < 1.29 is 0 Å². The van der Waals surface area contributed by atoms with Gasteiger partial charge in [-0.05, 0) is 40.5 Å². The molecule has 2 aromatic heterocycles. The second-order valence-electron chi connectivity index (χ2n) is 8.30. The number of aromatic nitrogens is 1. The van der Waals surface area contributed by atoms with Gasteiger partial charge < -0.3 is 4.98 Å². The van der Waals surface area contributed by atoms with Crippen LogP contribution in [0.5, 0.6) is 0 Å². The van der Waals surface area contributed by atoms with Crippen LogP contribution < -0.4 is 0 Å². The van der Waals surface area contributed by atoms with Crippen molar-refractivity contribution in [2.24, 2.45) is 0 Å². The van der Waals surface area contributed by atoms with E-state index in [2.05, 4.69) is 114 Å². The minimum absolute atomic E-state index is 1.19. The van der Waals surface area contributed by atoms with E-state index in [1.807, 2.05) is 11.3 Å². The zero-order valence-corrected chi connectivity index (χ0v) is 18.1. The van der Waals surface area contributed by atoms with Gasteiger partial charge in [0.05, 0.1) is 10.2 Å². The van der Waals surface area contributed by atoms with E-state index in [9.17, 15) is 0 Å². The zero-order chi connectivity index (χ0) is 21.1. The van der Waals surface area contributed by atoms with Gasteiger partial charge in [0, 0.05) is 31.8 Å². The first-order valence-corrected chi connectivity index (χ1v) is 11.7. The lowest BCUT2D eigenvalue weighted by Crippen LogP contribution is -1.81. The van der Waals surface area contributed by atoms with Crippen molar-refractivity contribution in [3.05, 3.63) is 109 Å². The molecule has 0 atom stereocenters. The predicted molar refractivity (Wildman–Crippen MR) is 140 cm³/mol. The molecule has 0 amide bonds. The third-order valence-corrected chi connectivity index (χ3v) is 7.62. The van der Waals surface area contributed by atoms with Crippen LogP contribution in [0.2, 0.25) is 0 Å². The Kier molecular flexibility index (Phi) is 3.78. The number of benzene rings is 5. The number of fused-ring (bicyclic) bond motifs is 7. The molecule has 0 spiro atoms. The fourth-order valence-electron chi connectivity index (χ4n) is 4.84. The van der Waals surface area contributed by atoms with Crippen LogP contribution in [0.25, 0.3) is 64.2 Å². The number of thiophene rings is 1. The van der Waals surface area contributed by atoms with E-state index in [-0.39, 0.29) is 0 Å². The molecule has 0 saturated heterocycles. The molecule has 7 rings (SSSR count). The highest BCUT2D eigenvalue weighted by Gasteiger charge is 2.13. The van der Waals surface area contributed by atoms with E-state index in [1.54, 1.807) is 0 Å². The van der Waals surface area contributed by atoms with Crippen LogP contribution in [0, 0.1) is 0 Å². The number of H-pyrrole nitrogens is 1. The number of nitrogens with one attached hydrogen (secondary N) is 1. The minimum atomic E-state index is 1.19. The molecule has 0 aliphatic heterocycles. The maximum atomic E-state index is 3.75. The van der Waals surface area contributed by atoms with Crippen LogP contribution in [-0.4, -0.2) is 4.98 Å². The van der Waals surface area contributed by atoms with Crippen LogP contribution in [0.4, 0.5) is 0 Å². The van der Waals surface area contributed by atoms with Crippen LogP contribution in [0.3, 0.4) is 0 Å². The summed E-state index contributed by atoms with van der Waals surface area (Å²) in [6.07, 6.45) is 0. The van der Waals surface area contributed by atoms with Crippen LogP contribution in [0.1, 0.15) is 0 Å². The van der Waals surface area contributed by atoms with E-state index in [1.165, 1.54) is 64.2 Å². The lowest BCUT2D eigenvalue weighted by Gasteiger charge is -2.06. The summed E-state index contributed by atoms with van der Waals surface area (Å²) in [5, 5.41) is 5.25. The highest BCUT2D eigenvalue weighted by atomic mass is 32.1. The Morgan fingerprint density at radius 2 is 1.16 bits per heavy atom. The quantitative estimate of drug-likeness (QED) is 0.284. The van der Waals surface area contributed by atoms with Gasteiger partial charge in [0.2, 0.25) is 0 Å². The number of aromatic amines is 1. The SMILES string of the molecule is c1ccc(-c2cccc(-c3ccc4c(c3)[nH]c3c4ccc4c5ccccc5sc43)c2)cc1. The van der Waals surface area contributed by atoms with Crippen molar-refractivity contribution in [1.82, 2.24) is 4.98 Å². The largest absolute Gasteiger partial charge is 0.353 e. The zero-order valence-electron chi connectivity index (χ0n) is 17.3. The summed E-state index contributed by atoms with van der Waals surface area (Å²) in [6, 6.07) is 39.4. The molecule has 0 saturated carbocycles. The predicted octanol–water partition coefficient (Wildman–Crippen LogP) is 9.02. The van der Waals surface area contributed by atoms with Gasteiger partial charge in [-0.15, -0.1) is 11.3 Å². The summed E-state index contributed by atoms with van der Waals surface area (Å²) in [6.45, 7) is 0. The molecule has 2 heteroatoms. The fourth-order valence-corrected chi connectivity index (χ4v) is 6.05. The van der Waals surface area contributed by atoms with Crippen LogP contribution in [0.15, 0.2) is 109 Å². The fraction of sp³-hybridized carbons (Fsp3) is 0. The highest BCUT2D eigenvalue weighted by molar-refractivity contribution is 7.26. The summed E-state index contributed by atoms with van der Waals surface area (Å²) < 4.78 is 2.68. The van der Waals surface area contributed by atoms with Gasteiger partial charge >= 0.3 is 0 Å². The van der Waals surface area contributed by atoms with Gasteiger partial charge in [-0.1, -0.05) is 91.0 Å². The van der Waals surface area contributed by atoms with Crippen molar-refractivity contribution in [3.8, 4) is 22.3 Å². The molecule has 5 aromatic carbocycles. The molecule has 0 radical (unpaired) electrons. The minimum Gasteiger partial charge on any atom is -0.353 e. The Hall–Kier alpha value is -3.88. The van der Waals surface area contributed by atoms with Crippen LogP contribution in [-0.2, 0) is 0 Å². The Morgan fingerprint density at radius 3 is 2.06 bits per heavy atom. The van der Waals surface area contributed by atoms with Crippen molar-refractivity contribution >= 4 is 53.3 Å². The van der Waals surface area contributed by atoms with E-state index >= 15 is 0 Å². The average Bonchev–Trinajstić information content (AvgIpc) is 3.42. The monoisotopic (exact) mass is 425 g/mol. The van der Waals surface area contributed by atoms with Crippen LogP contribution >= 0.6 is 11.3 Å². The Bertz CT molecular complexity index is 1770. The Morgan fingerprint density at radius 1 is 0.469 bits per heavy atom. The molecule has 0 fully saturated rings. The molecule has 150 valence electrons. The van der Waals surface area contributed by atoms with E-state index in [0.29, 0.717) is 0 Å². The highest BCUT2D eigenvalue weighted by Crippen LogP contribution is 2.40. The third-order valence-electron chi connectivity index (χ3n) is 6.42. The number of hydrogen-bond donors (Lipinski definition) is 1. The van der Waals surface area contributed by atoms with Gasteiger partial charge in [-0.3, -0.25) is 0 Å². The van der Waals surface area contributed by atoms with Gasteiger partial charge in [0.15, 0.2) is 0 Å². The topological polar surface area (TPSA) is 15.8 Å². The number of rotatable bonds is 2. The maximum Gasteiger partial charge on any atom is 0.0646 e. The lowest BCUT2D eigenvalue weighted by atomic mass is 9.98. The smallest absolute Gasteiger partial charge is 0.0646 e. The molecule has 32 heavy (non-hydrogen) atoms. The second-order valence-corrected chi connectivity index (χ2v) is 9.35. The van der Waals surface area contributed by atoms with Gasteiger partial charge in [-0.2, -0.15) is 0 Å². The van der Waals surface area contributed by atoms with Crippen molar-refractivity contribution in [3.63, 3.8) is 0 Å². The van der Waals surface area contributed by atoms with Gasteiger partial charge in [-0.25, -0.2) is 0 Å². The summed E-state index contributed by atoms with van der Waals surface area (Å²) >= 11 is 1.88. The summed E-state index contributed by atoms with van der Waals surface area (Å²) in [4.78, 5) is 3.75. The molecule has 2 heterocycles. The normalized spacial score (nSPS) is 11.8. The first-order valence-electron chi connectivity index (χ1n) is 10.9. The molecule has 0 aliphatic carbocycles. The average molecular weight is 426 g/mol. The molecule has 1 N–H and O–H groups in total. The summed E-state index contributed by atoms with van der Waals surface area (Å²) in [5.74, 6) is 0. The maximum absolute atomic E-state index is 3.75. The standard InChI is InChI=1S/C30H19NS/c1-2-7-19(8-3-1)20-9-6-10-21(17-20)22-13-14-23-25-15-16-26-24-11-4-5-12-28(24)32-30(26)29(25)31-27(23)18-22/h1-18,31H. The van der Waals surface area contributed by atoms with Gasteiger partial charge in [0.25, 0.3) is 0 Å². The molecule has 7 aromatic rings. The van der Waals surface area contributed by atoms with E-state index < -0.39 is 0 Å². The first-order chi connectivity index (χ1) is 15.8. The van der Waals surface area contributed by atoms with Gasteiger partial charge in [0.1, 0.15) is 0 Å². The molecule has 0 aliphatic rings. The molecule has 0 unspecified atom stereocenters. The lowest BCUT2D eigenvalue weighted by molar-refractivity contribution is 1.56. The summed E-state index contributed by atoms with van der Waals surface area (Å²) in [5.41, 5.74) is 7.38. The van der Waals surface area contributed by atoms with Crippen molar-refractivity contribution in [2.75, 3.05) is 0 Å².